The van der Waals surface area contributed by atoms with Gasteiger partial charge >= 0.3 is 15.0 Å². The Bertz CT molecular complexity index is 504. The zero-order chi connectivity index (χ0) is 18.8. The van der Waals surface area contributed by atoms with Crippen LogP contribution in [0.25, 0.3) is 0 Å². The first-order valence-electron chi connectivity index (χ1n) is 8.45. The van der Waals surface area contributed by atoms with E-state index in [2.05, 4.69) is 4.99 Å². The normalized spacial score (nSPS) is 12.9. The topological polar surface area (TPSA) is 40.0 Å². The third-order valence-electron chi connectivity index (χ3n) is 3.34. The highest BCUT2D eigenvalue weighted by molar-refractivity contribution is 6.60. The van der Waals surface area contributed by atoms with Gasteiger partial charge in [0.25, 0.3) is 0 Å². The lowest BCUT2D eigenvalue weighted by atomic mass is 10.1. The molecule has 0 atom stereocenters. The van der Waals surface area contributed by atoms with Gasteiger partial charge in [0.15, 0.2) is 0 Å². The SMILES string of the molecule is CCO[Si](CCCN=Cc1ccc(C(F)(F)F)cc1)(OCC)OCC. The second-order valence-electron chi connectivity index (χ2n) is 5.24. The molecule has 0 amide bonds. The van der Waals surface area contributed by atoms with Gasteiger partial charge in [-0.2, -0.15) is 13.2 Å². The molecule has 0 bridgehead atoms. The van der Waals surface area contributed by atoms with Crippen molar-refractivity contribution in [2.24, 2.45) is 4.99 Å². The van der Waals surface area contributed by atoms with Gasteiger partial charge in [0.05, 0.1) is 5.56 Å². The van der Waals surface area contributed by atoms with Crippen LogP contribution in [0.3, 0.4) is 0 Å². The molecule has 25 heavy (non-hydrogen) atoms. The number of rotatable bonds is 11. The van der Waals surface area contributed by atoms with Crippen molar-refractivity contribution in [1.29, 1.82) is 0 Å². The maximum Gasteiger partial charge on any atom is 0.500 e. The molecule has 0 saturated carbocycles. The summed E-state index contributed by atoms with van der Waals surface area (Å²) in [5.74, 6) is 0. The monoisotopic (exact) mass is 377 g/mol. The molecular formula is C17H26F3NO3Si. The van der Waals surface area contributed by atoms with E-state index in [0.29, 0.717) is 38.0 Å². The minimum Gasteiger partial charge on any atom is -0.374 e. The van der Waals surface area contributed by atoms with Gasteiger partial charge in [0, 0.05) is 38.6 Å². The van der Waals surface area contributed by atoms with Crippen molar-refractivity contribution in [2.75, 3.05) is 26.4 Å². The predicted octanol–water partition coefficient (Wildman–Crippen LogP) is 4.56. The van der Waals surface area contributed by atoms with Gasteiger partial charge in [-0.3, -0.25) is 4.99 Å². The van der Waals surface area contributed by atoms with E-state index in [1.165, 1.54) is 12.1 Å². The fraction of sp³-hybridized carbons (Fsp3) is 0.588. The van der Waals surface area contributed by atoms with E-state index in [4.69, 9.17) is 13.3 Å². The smallest absolute Gasteiger partial charge is 0.374 e. The standard InChI is InChI=1S/C17H26F3NO3Si/c1-4-22-25(23-5-2,24-6-3)13-7-12-21-14-15-8-10-16(11-9-15)17(18,19)20/h8-11,14H,4-7,12-13H2,1-3H3. The zero-order valence-electron chi connectivity index (χ0n) is 14.9. The Morgan fingerprint density at radius 2 is 1.48 bits per heavy atom. The van der Waals surface area contributed by atoms with Crippen molar-refractivity contribution >= 4 is 15.0 Å². The summed E-state index contributed by atoms with van der Waals surface area (Å²) >= 11 is 0. The molecule has 0 spiro atoms. The quantitative estimate of drug-likeness (QED) is 0.322. The second kappa shape index (κ2) is 10.7. The van der Waals surface area contributed by atoms with E-state index in [9.17, 15) is 13.2 Å². The van der Waals surface area contributed by atoms with Gasteiger partial charge < -0.3 is 13.3 Å². The Balaban J connectivity index is 2.53. The molecule has 1 aromatic rings. The van der Waals surface area contributed by atoms with Crippen LogP contribution in [-0.4, -0.2) is 41.4 Å². The molecule has 0 saturated heterocycles. The number of hydrogen-bond donors (Lipinski definition) is 0. The maximum absolute atomic E-state index is 12.5. The molecule has 4 nitrogen and oxygen atoms in total. The molecule has 0 N–H and O–H groups in total. The van der Waals surface area contributed by atoms with Gasteiger partial charge in [-0.05, 0) is 44.9 Å². The highest BCUT2D eigenvalue weighted by atomic mass is 28.4. The average molecular weight is 377 g/mol. The molecule has 0 radical (unpaired) electrons. The molecule has 142 valence electrons. The molecule has 0 aliphatic rings. The van der Waals surface area contributed by atoms with E-state index in [-0.39, 0.29) is 0 Å². The Morgan fingerprint density at radius 1 is 0.960 bits per heavy atom. The number of aliphatic imine (C=N–C) groups is 1. The highest BCUT2D eigenvalue weighted by Crippen LogP contribution is 2.28. The van der Waals surface area contributed by atoms with Gasteiger partial charge in [0.1, 0.15) is 0 Å². The lowest BCUT2D eigenvalue weighted by Gasteiger charge is -2.28. The summed E-state index contributed by atoms with van der Waals surface area (Å²) in [4.78, 5) is 4.27. The average Bonchev–Trinajstić information content (AvgIpc) is 2.55. The van der Waals surface area contributed by atoms with Gasteiger partial charge in [-0.1, -0.05) is 12.1 Å². The van der Waals surface area contributed by atoms with Crippen molar-refractivity contribution < 1.29 is 26.4 Å². The zero-order valence-corrected chi connectivity index (χ0v) is 15.9. The van der Waals surface area contributed by atoms with Crippen molar-refractivity contribution in [2.45, 2.75) is 39.4 Å². The summed E-state index contributed by atoms with van der Waals surface area (Å²) in [6.07, 6.45) is -2.02. The third kappa shape index (κ3) is 7.68. The summed E-state index contributed by atoms with van der Waals surface area (Å²) in [7, 11) is -2.65. The number of hydrogen-bond acceptors (Lipinski definition) is 4. The summed E-state index contributed by atoms with van der Waals surface area (Å²) in [5.41, 5.74) is -0.0264. The minimum atomic E-state index is -4.32. The van der Waals surface area contributed by atoms with E-state index in [0.717, 1.165) is 18.6 Å². The molecule has 0 unspecified atom stereocenters. The largest absolute Gasteiger partial charge is 0.500 e. The minimum absolute atomic E-state index is 0.529. The molecule has 0 heterocycles. The summed E-state index contributed by atoms with van der Waals surface area (Å²) in [5, 5.41) is 0. The van der Waals surface area contributed by atoms with Crippen LogP contribution < -0.4 is 0 Å². The number of alkyl halides is 3. The van der Waals surface area contributed by atoms with Crippen LogP contribution in [0.5, 0.6) is 0 Å². The third-order valence-corrected chi connectivity index (χ3v) is 6.49. The number of benzene rings is 1. The Hall–Kier alpha value is -1.22. The van der Waals surface area contributed by atoms with Crippen LogP contribution in [0.15, 0.2) is 29.3 Å². The first-order chi connectivity index (χ1) is 11.9. The van der Waals surface area contributed by atoms with E-state index in [1.807, 2.05) is 20.8 Å². The van der Waals surface area contributed by atoms with Crippen molar-refractivity contribution in [3.05, 3.63) is 35.4 Å². The van der Waals surface area contributed by atoms with Crippen LogP contribution in [0.2, 0.25) is 6.04 Å². The molecular weight excluding hydrogens is 351 g/mol. The predicted molar refractivity (Wildman–Crippen MR) is 94.0 cm³/mol. The number of halogens is 3. The lowest BCUT2D eigenvalue weighted by molar-refractivity contribution is -0.137. The maximum atomic E-state index is 12.5. The van der Waals surface area contributed by atoms with Crippen LogP contribution >= 0.6 is 0 Å². The first-order valence-corrected chi connectivity index (χ1v) is 10.4. The molecule has 0 aliphatic heterocycles. The van der Waals surface area contributed by atoms with E-state index < -0.39 is 20.5 Å². The fourth-order valence-electron chi connectivity index (χ4n) is 2.32. The van der Waals surface area contributed by atoms with Crippen LogP contribution in [0.4, 0.5) is 13.2 Å². The summed E-state index contributed by atoms with van der Waals surface area (Å²) < 4.78 is 54.8. The van der Waals surface area contributed by atoms with Crippen LogP contribution in [-0.2, 0) is 19.5 Å². The van der Waals surface area contributed by atoms with Crippen molar-refractivity contribution in [3.8, 4) is 0 Å². The lowest BCUT2D eigenvalue weighted by Crippen LogP contribution is -2.46. The number of nitrogens with zero attached hydrogens (tertiary/aromatic N) is 1. The Morgan fingerprint density at radius 3 is 1.92 bits per heavy atom. The molecule has 0 aromatic heterocycles. The van der Waals surface area contributed by atoms with Crippen molar-refractivity contribution in [3.63, 3.8) is 0 Å². The van der Waals surface area contributed by atoms with Crippen molar-refractivity contribution in [1.82, 2.24) is 0 Å². The molecule has 1 aromatic carbocycles. The van der Waals surface area contributed by atoms with Gasteiger partial charge in [-0.25, -0.2) is 0 Å². The first kappa shape index (κ1) is 21.8. The van der Waals surface area contributed by atoms with Crippen LogP contribution in [0.1, 0.15) is 38.3 Å². The van der Waals surface area contributed by atoms with Crippen LogP contribution in [0, 0.1) is 0 Å². The summed E-state index contributed by atoms with van der Waals surface area (Å²) in [6, 6.07) is 5.59. The van der Waals surface area contributed by atoms with E-state index >= 15 is 0 Å². The van der Waals surface area contributed by atoms with Gasteiger partial charge in [-0.15, -0.1) is 0 Å². The summed E-state index contributed by atoms with van der Waals surface area (Å²) in [6.45, 7) is 7.83. The Labute approximate surface area is 148 Å². The van der Waals surface area contributed by atoms with E-state index in [1.54, 1.807) is 6.21 Å². The second-order valence-corrected chi connectivity index (χ2v) is 7.97. The molecule has 0 aliphatic carbocycles. The molecule has 1 rings (SSSR count). The fourth-order valence-corrected chi connectivity index (χ4v) is 4.91. The Kier molecular flexibility index (Phi) is 9.34. The molecule has 8 heteroatoms. The molecule has 0 fully saturated rings. The van der Waals surface area contributed by atoms with Gasteiger partial charge in [0.2, 0.25) is 0 Å². The highest BCUT2D eigenvalue weighted by Gasteiger charge is 2.39.